The lowest BCUT2D eigenvalue weighted by molar-refractivity contribution is 0.123. The number of nitrogens with zero attached hydrogens (tertiary/aromatic N) is 4. The summed E-state index contributed by atoms with van der Waals surface area (Å²) in [5.41, 5.74) is 1.09. The molecule has 1 aliphatic rings. The summed E-state index contributed by atoms with van der Waals surface area (Å²) in [5.74, 6) is 0.702. The SMILES string of the molecule is C[C@H](CNC(=O)N(Cc1ccncc1)C1CCN(C)CC1)Oc1cccnc1. The van der Waals surface area contributed by atoms with E-state index in [1.807, 2.05) is 36.1 Å². The average Bonchev–Trinajstić information content (AvgIpc) is 2.72. The van der Waals surface area contributed by atoms with Crippen molar-refractivity contribution in [3.05, 3.63) is 54.6 Å². The molecular weight excluding hydrogens is 354 g/mol. The standard InChI is InChI=1S/C21H29N5O2/c1-17(28-20-4-3-9-23-15-20)14-24-21(27)26(16-18-5-10-22-11-6-18)19-7-12-25(2)13-8-19/h3-6,9-11,15,17,19H,7-8,12-14,16H2,1-2H3,(H,24,27)/t17-/m1/s1. The summed E-state index contributed by atoms with van der Waals surface area (Å²) in [4.78, 5) is 25.4. The first kappa shape index (κ1) is 20.1. The molecule has 1 atom stereocenters. The van der Waals surface area contributed by atoms with Crippen molar-refractivity contribution in [1.82, 2.24) is 25.1 Å². The van der Waals surface area contributed by atoms with Gasteiger partial charge in [-0.15, -0.1) is 0 Å². The van der Waals surface area contributed by atoms with Crippen LogP contribution in [0.3, 0.4) is 0 Å². The fourth-order valence-corrected chi connectivity index (χ4v) is 3.38. The second-order valence-corrected chi connectivity index (χ2v) is 7.32. The van der Waals surface area contributed by atoms with Gasteiger partial charge in [0.1, 0.15) is 11.9 Å². The average molecular weight is 383 g/mol. The molecule has 0 bridgehead atoms. The van der Waals surface area contributed by atoms with Crippen LogP contribution >= 0.6 is 0 Å². The van der Waals surface area contributed by atoms with Crippen molar-refractivity contribution in [2.45, 2.75) is 38.5 Å². The minimum atomic E-state index is -0.145. The van der Waals surface area contributed by atoms with E-state index < -0.39 is 0 Å². The second kappa shape index (κ2) is 10.0. The molecule has 7 heteroatoms. The van der Waals surface area contributed by atoms with E-state index in [1.165, 1.54) is 0 Å². The summed E-state index contributed by atoms with van der Waals surface area (Å²) >= 11 is 0. The van der Waals surface area contributed by atoms with Crippen LogP contribution in [0.15, 0.2) is 49.1 Å². The minimum Gasteiger partial charge on any atom is -0.487 e. The van der Waals surface area contributed by atoms with Crippen LogP contribution in [-0.4, -0.2) is 64.6 Å². The molecule has 28 heavy (non-hydrogen) atoms. The van der Waals surface area contributed by atoms with Crippen LogP contribution in [0, 0.1) is 0 Å². The Bertz CT molecular complexity index is 720. The van der Waals surface area contributed by atoms with Crippen LogP contribution in [-0.2, 0) is 6.54 Å². The number of nitrogens with one attached hydrogen (secondary N) is 1. The van der Waals surface area contributed by atoms with E-state index in [0.717, 1.165) is 31.5 Å². The van der Waals surface area contributed by atoms with E-state index in [-0.39, 0.29) is 18.2 Å². The van der Waals surface area contributed by atoms with Gasteiger partial charge in [-0.25, -0.2) is 4.79 Å². The molecular formula is C21H29N5O2. The van der Waals surface area contributed by atoms with Crippen LogP contribution in [0.2, 0.25) is 0 Å². The zero-order valence-corrected chi connectivity index (χ0v) is 16.6. The van der Waals surface area contributed by atoms with Crippen molar-refractivity contribution >= 4 is 6.03 Å². The molecule has 3 heterocycles. The molecule has 2 amide bonds. The number of rotatable bonds is 7. The minimum absolute atomic E-state index is 0.0481. The monoisotopic (exact) mass is 383 g/mol. The van der Waals surface area contributed by atoms with Gasteiger partial charge in [0, 0.05) is 31.2 Å². The number of aromatic nitrogens is 2. The van der Waals surface area contributed by atoms with Crippen LogP contribution in [0.1, 0.15) is 25.3 Å². The van der Waals surface area contributed by atoms with E-state index in [1.54, 1.807) is 24.8 Å². The van der Waals surface area contributed by atoms with Gasteiger partial charge < -0.3 is 19.9 Å². The van der Waals surface area contributed by atoms with Gasteiger partial charge in [0.25, 0.3) is 0 Å². The Labute approximate surface area is 166 Å². The van der Waals surface area contributed by atoms with Gasteiger partial charge in [0.05, 0.1) is 12.7 Å². The third-order valence-corrected chi connectivity index (χ3v) is 5.00. The number of carbonyl (C=O) groups excluding carboxylic acids is 1. The number of piperidine rings is 1. The molecule has 1 N–H and O–H groups in total. The van der Waals surface area contributed by atoms with Crippen molar-refractivity contribution in [3.8, 4) is 5.75 Å². The zero-order valence-electron chi connectivity index (χ0n) is 16.6. The Morgan fingerprint density at radius 1 is 1.25 bits per heavy atom. The highest BCUT2D eigenvalue weighted by molar-refractivity contribution is 5.74. The first-order valence-electron chi connectivity index (χ1n) is 9.80. The molecule has 0 aliphatic carbocycles. The van der Waals surface area contributed by atoms with E-state index >= 15 is 0 Å². The first-order chi connectivity index (χ1) is 13.6. The van der Waals surface area contributed by atoms with Crippen molar-refractivity contribution in [2.24, 2.45) is 0 Å². The Morgan fingerprint density at radius 3 is 2.68 bits per heavy atom. The molecule has 2 aromatic rings. The lowest BCUT2D eigenvalue weighted by atomic mass is 10.0. The molecule has 0 spiro atoms. The number of amides is 2. The van der Waals surface area contributed by atoms with E-state index in [0.29, 0.717) is 18.8 Å². The number of pyridine rings is 2. The fourth-order valence-electron chi connectivity index (χ4n) is 3.38. The van der Waals surface area contributed by atoms with Crippen molar-refractivity contribution < 1.29 is 9.53 Å². The molecule has 1 fully saturated rings. The third kappa shape index (κ3) is 5.92. The molecule has 7 nitrogen and oxygen atoms in total. The summed E-state index contributed by atoms with van der Waals surface area (Å²) in [6, 6.07) is 7.80. The molecule has 0 radical (unpaired) electrons. The quantitative estimate of drug-likeness (QED) is 0.796. The van der Waals surface area contributed by atoms with Gasteiger partial charge >= 0.3 is 6.03 Å². The summed E-state index contributed by atoms with van der Waals surface area (Å²) in [7, 11) is 2.13. The topological polar surface area (TPSA) is 70.6 Å². The van der Waals surface area contributed by atoms with Gasteiger partial charge in [0.2, 0.25) is 0 Å². The number of hydrogen-bond donors (Lipinski definition) is 1. The highest BCUT2D eigenvalue weighted by Crippen LogP contribution is 2.18. The Balaban J connectivity index is 1.59. The normalized spacial score (nSPS) is 16.4. The lowest BCUT2D eigenvalue weighted by Crippen LogP contribution is -2.51. The molecule has 1 saturated heterocycles. The van der Waals surface area contributed by atoms with Gasteiger partial charge in [-0.2, -0.15) is 0 Å². The predicted octanol–water partition coefficient (Wildman–Crippen LogP) is 2.55. The zero-order chi connectivity index (χ0) is 19.8. The molecule has 150 valence electrons. The molecule has 1 aliphatic heterocycles. The highest BCUT2D eigenvalue weighted by atomic mass is 16.5. The van der Waals surface area contributed by atoms with E-state index in [9.17, 15) is 4.79 Å². The van der Waals surface area contributed by atoms with E-state index in [4.69, 9.17) is 4.74 Å². The van der Waals surface area contributed by atoms with Gasteiger partial charge in [-0.1, -0.05) is 0 Å². The van der Waals surface area contributed by atoms with E-state index in [2.05, 4.69) is 27.2 Å². The molecule has 0 unspecified atom stereocenters. The number of hydrogen-bond acceptors (Lipinski definition) is 5. The Morgan fingerprint density at radius 2 is 2.00 bits per heavy atom. The number of ether oxygens (including phenoxy) is 1. The predicted molar refractivity (Wildman–Crippen MR) is 108 cm³/mol. The lowest BCUT2D eigenvalue weighted by Gasteiger charge is -2.37. The molecule has 3 rings (SSSR count). The van der Waals surface area contributed by atoms with Crippen molar-refractivity contribution in [1.29, 1.82) is 0 Å². The highest BCUT2D eigenvalue weighted by Gasteiger charge is 2.27. The fraction of sp³-hybridized carbons (Fsp3) is 0.476. The Kier molecular flexibility index (Phi) is 7.19. The van der Waals surface area contributed by atoms with Crippen molar-refractivity contribution in [3.63, 3.8) is 0 Å². The number of urea groups is 1. The van der Waals surface area contributed by atoms with Crippen molar-refractivity contribution in [2.75, 3.05) is 26.7 Å². The maximum Gasteiger partial charge on any atom is 0.318 e. The van der Waals surface area contributed by atoms with Gasteiger partial charge in [0.15, 0.2) is 0 Å². The maximum absolute atomic E-state index is 13.0. The molecule has 2 aromatic heterocycles. The van der Waals surface area contributed by atoms with Crippen LogP contribution < -0.4 is 10.1 Å². The van der Waals surface area contributed by atoms with Gasteiger partial charge in [-0.05, 0) is 69.7 Å². The van der Waals surface area contributed by atoms with Gasteiger partial charge in [-0.3, -0.25) is 9.97 Å². The molecule has 0 aromatic carbocycles. The smallest absolute Gasteiger partial charge is 0.318 e. The first-order valence-corrected chi connectivity index (χ1v) is 9.80. The maximum atomic E-state index is 13.0. The van der Waals surface area contributed by atoms with Crippen LogP contribution in [0.25, 0.3) is 0 Å². The Hall–Kier alpha value is -2.67. The summed E-state index contributed by atoms with van der Waals surface area (Å²) in [5, 5.41) is 3.04. The summed E-state index contributed by atoms with van der Waals surface area (Å²) in [6.07, 6.45) is 8.74. The van der Waals surface area contributed by atoms with Crippen LogP contribution in [0.4, 0.5) is 4.79 Å². The summed E-state index contributed by atoms with van der Waals surface area (Å²) < 4.78 is 5.81. The summed E-state index contributed by atoms with van der Waals surface area (Å²) in [6.45, 7) is 4.97. The molecule has 0 saturated carbocycles. The second-order valence-electron chi connectivity index (χ2n) is 7.32. The third-order valence-electron chi connectivity index (χ3n) is 5.00. The number of carbonyl (C=O) groups is 1. The largest absolute Gasteiger partial charge is 0.487 e. The van der Waals surface area contributed by atoms with Crippen LogP contribution in [0.5, 0.6) is 5.75 Å². The number of likely N-dealkylation sites (tertiary alicyclic amines) is 1.